The lowest BCUT2D eigenvalue weighted by molar-refractivity contribution is -0.142. The van der Waals surface area contributed by atoms with Crippen LogP contribution in [-0.4, -0.2) is 49.1 Å². The van der Waals surface area contributed by atoms with E-state index in [4.69, 9.17) is 16.3 Å². The minimum atomic E-state index is -0.620. The van der Waals surface area contributed by atoms with Gasteiger partial charge in [0.15, 0.2) is 6.10 Å². The third-order valence-electron chi connectivity index (χ3n) is 3.24. The van der Waals surface area contributed by atoms with Gasteiger partial charge < -0.3 is 20.3 Å². The third kappa shape index (κ3) is 3.78. The van der Waals surface area contributed by atoms with Gasteiger partial charge in [0.25, 0.3) is 5.91 Å². The Bertz CT molecular complexity index is 532. The maximum absolute atomic E-state index is 12.2. The van der Waals surface area contributed by atoms with Crippen LogP contribution in [0.3, 0.4) is 0 Å². The zero-order chi connectivity index (χ0) is 15.4. The number of carbonyl (C=O) groups is 2. The Morgan fingerprint density at radius 2 is 2.05 bits per heavy atom. The molecule has 3 amide bonds. The maximum atomic E-state index is 12.2. The van der Waals surface area contributed by atoms with Gasteiger partial charge in [0.1, 0.15) is 5.75 Å². The quantitative estimate of drug-likeness (QED) is 0.879. The van der Waals surface area contributed by atoms with Gasteiger partial charge in [-0.3, -0.25) is 4.79 Å². The average Bonchev–Trinajstić information content (AvgIpc) is 2.43. The minimum Gasteiger partial charge on any atom is -0.479 e. The second-order valence-corrected chi connectivity index (χ2v) is 5.26. The molecule has 0 bridgehead atoms. The number of likely N-dealkylation sites (tertiary alicyclic amines) is 1. The third-order valence-corrected chi connectivity index (χ3v) is 3.56. The molecule has 2 rings (SSSR count). The van der Waals surface area contributed by atoms with E-state index in [1.807, 2.05) is 0 Å². The fourth-order valence-corrected chi connectivity index (χ4v) is 2.23. The van der Waals surface area contributed by atoms with Crippen molar-refractivity contribution in [3.63, 3.8) is 0 Å². The van der Waals surface area contributed by atoms with Gasteiger partial charge in [-0.1, -0.05) is 23.7 Å². The first kappa shape index (κ1) is 15.4. The normalized spacial score (nSPS) is 15.9. The predicted octanol–water partition coefficient (Wildman–Crippen LogP) is 1.25. The summed E-state index contributed by atoms with van der Waals surface area (Å²) in [6.45, 7) is 2.66. The molecule has 0 spiro atoms. The summed E-state index contributed by atoms with van der Waals surface area (Å²) in [5, 5.41) is 5.69. The molecule has 1 aliphatic rings. The molecular weight excluding hydrogens is 294 g/mol. The van der Waals surface area contributed by atoms with Gasteiger partial charge in [0.2, 0.25) is 0 Å². The highest BCUT2D eigenvalue weighted by molar-refractivity contribution is 6.32. The van der Waals surface area contributed by atoms with Crippen molar-refractivity contribution in [1.29, 1.82) is 0 Å². The van der Waals surface area contributed by atoms with Crippen LogP contribution in [0.4, 0.5) is 4.79 Å². The number of carbonyl (C=O) groups excluding carboxylic acids is 2. The highest BCUT2D eigenvalue weighted by Crippen LogP contribution is 2.25. The van der Waals surface area contributed by atoms with Crippen LogP contribution < -0.4 is 15.4 Å². The lowest BCUT2D eigenvalue weighted by Crippen LogP contribution is -2.63. The Morgan fingerprint density at radius 3 is 2.67 bits per heavy atom. The van der Waals surface area contributed by atoms with E-state index in [0.29, 0.717) is 23.9 Å². The maximum Gasteiger partial charge on any atom is 0.314 e. The van der Waals surface area contributed by atoms with Crippen molar-refractivity contribution in [2.75, 3.05) is 20.1 Å². The number of amides is 3. The Labute approximate surface area is 128 Å². The van der Waals surface area contributed by atoms with Crippen molar-refractivity contribution >= 4 is 23.5 Å². The summed E-state index contributed by atoms with van der Waals surface area (Å²) in [5.41, 5.74) is 0. The van der Waals surface area contributed by atoms with Crippen LogP contribution >= 0.6 is 11.6 Å². The zero-order valence-corrected chi connectivity index (χ0v) is 12.7. The van der Waals surface area contributed by atoms with Gasteiger partial charge in [-0.05, 0) is 19.1 Å². The summed E-state index contributed by atoms with van der Waals surface area (Å²) in [6.07, 6.45) is -0.620. The Morgan fingerprint density at radius 1 is 1.38 bits per heavy atom. The van der Waals surface area contributed by atoms with Crippen LogP contribution in [0.2, 0.25) is 5.02 Å². The number of urea groups is 1. The fraction of sp³-hybridized carbons (Fsp3) is 0.429. The van der Waals surface area contributed by atoms with Crippen molar-refractivity contribution in [3.05, 3.63) is 29.3 Å². The van der Waals surface area contributed by atoms with Gasteiger partial charge in [0, 0.05) is 20.1 Å². The number of rotatable bonds is 4. The molecule has 0 aliphatic carbocycles. The minimum absolute atomic E-state index is 0.0126. The van der Waals surface area contributed by atoms with E-state index in [-0.39, 0.29) is 18.0 Å². The average molecular weight is 312 g/mol. The number of hydrogen-bond acceptors (Lipinski definition) is 3. The largest absolute Gasteiger partial charge is 0.479 e. The number of ether oxygens (including phenoxy) is 1. The van der Waals surface area contributed by atoms with Gasteiger partial charge >= 0.3 is 6.03 Å². The molecule has 0 aromatic heterocycles. The van der Waals surface area contributed by atoms with E-state index in [1.165, 1.54) is 0 Å². The second kappa shape index (κ2) is 6.67. The Hall–Kier alpha value is -1.95. The molecule has 6 nitrogen and oxygen atoms in total. The molecule has 1 aromatic rings. The first-order chi connectivity index (χ1) is 10.0. The van der Waals surface area contributed by atoms with Crippen LogP contribution in [0, 0.1) is 0 Å². The molecule has 21 heavy (non-hydrogen) atoms. The highest BCUT2D eigenvalue weighted by Gasteiger charge is 2.34. The smallest absolute Gasteiger partial charge is 0.314 e. The second-order valence-electron chi connectivity index (χ2n) is 4.85. The lowest BCUT2D eigenvalue weighted by Gasteiger charge is -2.40. The number of nitrogens with zero attached hydrogens (tertiary/aromatic N) is 1. The van der Waals surface area contributed by atoms with Gasteiger partial charge in [-0.25, -0.2) is 4.79 Å². The van der Waals surface area contributed by atoms with E-state index in [9.17, 15) is 9.59 Å². The summed E-state index contributed by atoms with van der Waals surface area (Å²) < 4.78 is 5.58. The molecule has 1 atom stereocenters. The molecule has 1 aromatic carbocycles. The molecular formula is C14H18ClN3O3. The number of nitrogens with one attached hydrogen (secondary N) is 2. The molecule has 1 fully saturated rings. The van der Waals surface area contributed by atoms with Crippen molar-refractivity contribution in [2.24, 2.45) is 0 Å². The Kier molecular flexibility index (Phi) is 4.90. The van der Waals surface area contributed by atoms with Crippen molar-refractivity contribution in [1.82, 2.24) is 15.5 Å². The van der Waals surface area contributed by atoms with Crippen LogP contribution in [0.25, 0.3) is 0 Å². The van der Waals surface area contributed by atoms with Crippen molar-refractivity contribution in [2.45, 2.75) is 19.1 Å². The molecule has 0 radical (unpaired) electrons. The van der Waals surface area contributed by atoms with Crippen molar-refractivity contribution < 1.29 is 14.3 Å². The number of hydrogen-bond donors (Lipinski definition) is 2. The molecule has 114 valence electrons. The SMILES string of the molecule is CNC(=O)NC1CN(C(=O)C(C)Oc2ccccc2Cl)C1. The molecule has 0 saturated carbocycles. The summed E-state index contributed by atoms with van der Waals surface area (Å²) in [5.74, 6) is 0.366. The summed E-state index contributed by atoms with van der Waals surface area (Å²) >= 11 is 5.99. The Balaban J connectivity index is 1.82. The summed E-state index contributed by atoms with van der Waals surface area (Å²) in [4.78, 5) is 25.0. The first-order valence-electron chi connectivity index (χ1n) is 6.69. The molecule has 1 saturated heterocycles. The van der Waals surface area contributed by atoms with E-state index in [0.717, 1.165) is 0 Å². The first-order valence-corrected chi connectivity index (χ1v) is 7.07. The van der Waals surface area contributed by atoms with E-state index in [1.54, 1.807) is 43.1 Å². The molecule has 1 aliphatic heterocycles. The van der Waals surface area contributed by atoms with Crippen LogP contribution in [0.5, 0.6) is 5.75 Å². The standard InChI is InChI=1S/C14H18ClN3O3/c1-9(21-12-6-4-3-5-11(12)15)13(19)18-7-10(8-18)17-14(20)16-2/h3-6,9-10H,7-8H2,1-2H3,(H2,16,17,20). The summed E-state index contributed by atoms with van der Waals surface area (Å²) in [6, 6.07) is 6.77. The van der Waals surface area contributed by atoms with Gasteiger partial charge in [-0.15, -0.1) is 0 Å². The van der Waals surface area contributed by atoms with Crippen LogP contribution in [0.15, 0.2) is 24.3 Å². The lowest BCUT2D eigenvalue weighted by atomic mass is 10.1. The number of halogens is 1. The van der Waals surface area contributed by atoms with Gasteiger partial charge in [-0.2, -0.15) is 0 Å². The predicted molar refractivity (Wildman–Crippen MR) is 79.5 cm³/mol. The van der Waals surface area contributed by atoms with Crippen LogP contribution in [-0.2, 0) is 4.79 Å². The fourth-order valence-electron chi connectivity index (χ4n) is 2.05. The van der Waals surface area contributed by atoms with Crippen LogP contribution in [0.1, 0.15) is 6.92 Å². The highest BCUT2D eigenvalue weighted by atomic mass is 35.5. The number of benzene rings is 1. The molecule has 1 unspecified atom stereocenters. The topological polar surface area (TPSA) is 70.7 Å². The monoisotopic (exact) mass is 311 g/mol. The van der Waals surface area contributed by atoms with E-state index in [2.05, 4.69) is 10.6 Å². The van der Waals surface area contributed by atoms with E-state index < -0.39 is 6.10 Å². The molecule has 2 N–H and O–H groups in total. The zero-order valence-electron chi connectivity index (χ0n) is 11.9. The van der Waals surface area contributed by atoms with E-state index >= 15 is 0 Å². The molecule has 1 heterocycles. The van der Waals surface area contributed by atoms with Gasteiger partial charge in [0.05, 0.1) is 11.1 Å². The number of para-hydroxylation sites is 1. The summed E-state index contributed by atoms with van der Waals surface area (Å²) in [7, 11) is 1.55. The van der Waals surface area contributed by atoms with Crippen molar-refractivity contribution in [3.8, 4) is 5.75 Å². The molecule has 7 heteroatoms.